The number of anilines is 1. The summed E-state index contributed by atoms with van der Waals surface area (Å²) in [5.74, 6) is 1.84. The maximum absolute atomic E-state index is 6.00. The van der Waals surface area contributed by atoms with Gasteiger partial charge in [0.1, 0.15) is 0 Å². The first-order chi connectivity index (χ1) is 11.0. The Morgan fingerprint density at radius 3 is 2.52 bits per heavy atom. The minimum Gasteiger partial charge on any atom is -0.362 e. The van der Waals surface area contributed by atoms with Gasteiger partial charge in [-0.1, -0.05) is 45.2 Å². The van der Waals surface area contributed by atoms with E-state index in [0.717, 1.165) is 28.2 Å². The highest BCUT2D eigenvalue weighted by atomic mass is 79.9. The standard InChI is InChI=1S/C16H15BrCl2N2S2/c17-12-2-4-13(5-3-12)21-16(22)20-7-8-23-10-11-1-6-14(18)15(19)9-11/h1-6,9H,7-8,10H2,(H2,20,21,22). The number of benzene rings is 2. The van der Waals surface area contributed by atoms with E-state index in [0.29, 0.717) is 15.2 Å². The van der Waals surface area contributed by atoms with E-state index in [-0.39, 0.29) is 0 Å². The SMILES string of the molecule is S=C(NCCSCc1ccc(Cl)c(Cl)c1)Nc1ccc(Br)cc1. The number of thiocarbonyl (C=S) groups is 1. The van der Waals surface area contributed by atoms with Crippen LogP contribution in [0.5, 0.6) is 0 Å². The average Bonchev–Trinajstić information content (AvgIpc) is 2.53. The van der Waals surface area contributed by atoms with Gasteiger partial charge in [0.15, 0.2) is 5.11 Å². The van der Waals surface area contributed by atoms with Gasteiger partial charge in [0.25, 0.3) is 0 Å². The highest BCUT2D eigenvalue weighted by Gasteiger charge is 2.01. The van der Waals surface area contributed by atoms with Crippen LogP contribution < -0.4 is 10.6 Å². The first kappa shape index (κ1) is 18.9. The van der Waals surface area contributed by atoms with Crippen molar-refractivity contribution in [1.82, 2.24) is 5.32 Å². The maximum atomic E-state index is 6.00. The van der Waals surface area contributed by atoms with Gasteiger partial charge in [-0.15, -0.1) is 0 Å². The molecule has 0 saturated heterocycles. The van der Waals surface area contributed by atoms with Gasteiger partial charge in [0.05, 0.1) is 10.0 Å². The van der Waals surface area contributed by atoms with E-state index in [2.05, 4.69) is 26.6 Å². The summed E-state index contributed by atoms with van der Waals surface area (Å²) in [6.45, 7) is 0.800. The Bertz CT molecular complexity index is 666. The Hall–Kier alpha value is -0.460. The highest BCUT2D eigenvalue weighted by Crippen LogP contribution is 2.24. The molecule has 0 aliphatic rings. The molecule has 0 bridgehead atoms. The van der Waals surface area contributed by atoms with E-state index in [4.69, 9.17) is 35.4 Å². The molecular weight excluding hydrogens is 435 g/mol. The molecule has 122 valence electrons. The van der Waals surface area contributed by atoms with Crippen LogP contribution in [-0.4, -0.2) is 17.4 Å². The van der Waals surface area contributed by atoms with Crippen LogP contribution in [0.3, 0.4) is 0 Å². The van der Waals surface area contributed by atoms with Crippen molar-refractivity contribution in [3.05, 3.63) is 62.5 Å². The van der Waals surface area contributed by atoms with Gasteiger partial charge in [-0.3, -0.25) is 0 Å². The minimum absolute atomic E-state index is 0.589. The van der Waals surface area contributed by atoms with Gasteiger partial charge in [-0.25, -0.2) is 0 Å². The lowest BCUT2D eigenvalue weighted by molar-refractivity contribution is 0.990. The minimum atomic E-state index is 0.589. The average molecular weight is 450 g/mol. The van der Waals surface area contributed by atoms with Crippen LogP contribution in [0, 0.1) is 0 Å². The Morgan fingerprint density at radius 2 is 1.83 bits per heavy atom. The zero-order chi connectivity index (χ0) is 16.7. The van der Waals surface area contributed by atoms with Crippen LogP contribution in [0.25, 0.3) is 0 Å². The number of nitrogens with one attached hydrogen (secondary N) is 2. The van der Waals surface area contributed by atoms with Crippen molar-refractivity contribution in [2.24, 2.45) is 0 Å². The predicted octanol–water partition coefficient (Wildman–Crippen LogP) is 5.98. The molecule has 2 aromatic rings. The molecule has 2 N–H and O–H groups in total. The molecule has 2 nitrogen and oxygen atoms in total. The second-order valence-electron chi connectivity index (χ2n) is 4.69. The van der Waals surface area contributed by atoms with Crippen LogP contribution in [0.4, 0.5) is 5.69 Å². The molecule has 0 aliphatic heterocycles. The third-order valence-corrected chi connectivity index (χ3v) is 5.43. The fraction of sp³-hybridized carbons (Fsp3) is 0.188. The number of hydrogen-bond donors (Lipinski definition) is 2. The normalized spacial score (nSPS) is 10.4. The molecule has 7 heteroatoms. The summed E-state index contributed by atoms with van der Waals surface area (Å²) in [6, 6.07) is 13.6. The Balaban J connectivity index is 1.64. The molecule has 0 heterocycles. The van der Waals surface area contributed by atoms with Crippen LogP contribution in [0.2, 0.25) is 10.0 Å². The molecule has 0 atom stereocenters. The summed E-state index contributed by atoms with van der Waals surface area (Å²) in [5, 5.41) is 8.16. The molecule has 0 aromatic heterocycles. The molecule has 0 amide bonds. The highest BCUT2D eigenvalue weighted by molar-refractivity contribution is 9.10. The van der Waals surface area contributed by atoms with Gasteiger partial charge < -0.3 is 10.6 Å². The monoisotopic (exact) mass is 448 g/mol. The Morgan fingerprint density at radius 1 is 1.09 bits per heavy atom. The molecule has 0 fully saturated rings. The molecule has 23 heavy (non-hydrogen) atoms. The van der Waals surface area contributed by atoms with Crippen molar-refractivity contribution in [1.29, 1.82) is 0 Å². The Labute approximate surface area is 164 Å². The van der Waals surface area contributed by atoms with Crippen molar-refractivity contribution in [2.75, 3.05) is 17.6 Å². The van der Waals surface area contributed by atoms with E-state index in [9.17, 15) is 0 Å². The molecule has 0 spiro atoms. The fourth-order valence-electron chi connectivity index (χ4n) is 1.76. The van der Waals surface area contributed by atoms with Gasteiger partial charge in [-0.05, 0) is 54.2 Å². The van der Waals surface area contributed by atoms with Crippen LogP contribution in [0.1, 0.15) is 5.56 Å². The number of rotatable bonds is 6. The first-order valence-electron chi connectivity index (χ1n) is 6.86. The molecule has 0 radical (unpaired) electrons. The summed E-state index contributed by atoms with van der Waals surface area (Å²) >= 11 is 22.4. The van der Waals surface area contributed by atoms with Gasteiger partial charge in [-0.2, -0.15) is 11.8 Å². The number of halogens is 3. The maximum Gasteiger partial charge on any atom is 0.170 e. The van der Waals surface area contributed by atoms with E-state index in [1.807, 2.05) is 54.2 Å². The van der Waals surface area contributed by atoms with Gasteiger partial charge >= 0.3 is 0 Å². The topological polar surface area (TPSA) is 24.1 Å². The largest absolute Gasteiger partial charge is 0.362 e. The predicted molar refractivity (Wildman–Crippen MR) is 111 cm³/mol. The van der Waals surface area contributed by atoms with Crippen LogP contribution >= 0.6 is 63.1 Å². The fourth-order valence-corrected chi connectivity index (χ4v) is 3.38. The molecular formula is C16H15BrCl2N2S2. The summed E-state index contributed by atoms with van der Waals surface area (Å²) in [4.78, 5) is 0. The molecule has 2 aromatic carbocycles. The summed E-state index contributed by atoms with van der Waals surface area (Å²) in [7, 11) is 0. The lowest BCUT2D eigenvalue weighted by atomic mass is 10.2. The smallest absolute Gasteiger partial charge is 0.170 e. The van der Waals surface area contributed by atoms with Gasteiger partial charge in [0.2, 0.25) is 0 Å². The van der Waals surface area contributed by atoms with Crippen molar-refractivity contribution in [3.63, 3.8) is 0 Å². The molecule has 2 rings (SSSR count). The first-order valence-corrected chi connectivity index (χ1v) is 9.98. The Kier molecular flexibility index (Phi) is 7.99. The second-order valence-corrected chi connectivity index (χ2v) is 7.93. The van der Waals surface area contributed by atoms with Crippen molar-refractivity contribution < 1.29 is 0 Å². The van der Waals surface area contributed by atoms with Crippen molar-refractivity contribution in [3.8, 4) is 0 Å². The van der Waals surface area contributed by atoms with Gasteiger partial charge in [0, 0.05) is 28.2 Å². The van der Waals surface area contributed by atoms with Crippen molar-refractivity contribution >= 4 is 73.9 Å². The van der Waals surface area contributed by atoms with Crippen LogP contribution in [-0.2, 0) is 5.75 Å². The van der Waals surface area contributed by atoms with Crippen molar-refractivity contribution in [2.45, 2.75) is 5.75 Å². The lowest BCUT2D eigenvalue weighted by Crippen LogP contribution is -2.30. The van der Waals surface area contributed by atoms with Crippen LogP contribution in [0.15, 0.2) is 46.9 Å². The summed E-state index contributed by atoms with van der Waals surface area (Å²) < 4.78 is 1.04. The molecule has 0 unspecified atom stereocenters. The second kappa shape index (κ2) is 9.74. The third-order valence-electron chi connectivity index (χ3n) is 2.89. The zero-order valence-electron chi connectivity index (χ0n) is 12.1. The summed E-state index contributed by atoms with van der Waals surface area (Å²) in [5.41, 5.74) is 2.13. The van der Waals surface area contributed by atoms with E-state index >= 15 is 0 Å². The van der Waals surface area contributed by atoms with E-state index in [1.54, 1.807) is 0 Å². The molecule has 0 saturated carbocycles. The van der Waals surface area contributed by atoms with E-state index in [1.165, 1.54) is 5.56 Å². The quantitative estimate of drug-likeness (QED) is 0.418. The molecule has 0 aliphatic carbocycles. The third kappa shape index (κ3) is 6.89. The summed E-state index contributed by atoms with van der Waals surface area (Å²) in [6.07, 6.45) is 0. The number of hydrogen-bond acceptors (Lipinski definition) is 2. The van der Waals surface area contributed by atoms with E-state index < -0.39 is 0 Å². The number of thioether (sulfide) groups is 1. The lowest BCUT2D eigenvalue weighted by Gasteiger charge is -2.10. The zero-order valence-corrected chi connectivity index (χ0v) is 16.8.